The van der Waals surface area contributed by atoms with Crippen molar-refractivity contribution in [2.24, 2.45) is 0 Å². The van der Waals surface area contributed by atoms with E-state index in [0.717, 1.165) is 31.8 Å². The van der Waals surface area contributed by atoms with Crippen LogP contribution in [0.2, 0.25) is 0 Å². The standard InChI is InChI=1S/C18H13BrN4OS/c1-11-18(21-15-8-3-2-7-14(15)20-11)25-10-16-22-17(23-24-16)12-5-4-6-13(19)9-12/h2-9H,10H2,1H3. The molecule has 0 radical (unpaired) electrons. The van der Waals surface area contributed by atoms with Crippen molar-refractivity contribution in [2.75, 3.05) is 0 Å². The van der Waals surface area contributed by atoms with E-state index in [1.54, 1.807) is 11.8 Å². The molecular formula is C18H13BrN4OS. The zero-order chi connectivity index (χ0) is 17.2. The van der Waals surface area contributed by atoms with Crippen LogP contribution in [0, 0.1) is 6.92 Å². The van der Waals surface area contributed by atoms with Gasteiger partial charge < -0.3 is 4.52 Å². The molecule has 4 rings (SSSR count). The lowest BCUT2D eigenvalue weighted by Gasteiger charge is -2.04. The van der Waals surface area contributed by atoms with E-state index in [2.05, 4.69) is 36.0 Å². The number of benzene rings is 2. The van der Waals surface area contributed by atoms with Crippen LogP contribution in [0.4, 0.5) is 0 Å². The molecule has 2 aromatic heterocycles. The van der Waals surface area contributed by atoms with Gasteiger partial charge in [0.15, 0.2) is 0 Å². The van der Waals surface area contributed by atoms with Crippen molar-refractivity contribution in [3.05, 3.63) is 64.6 Å². The molecule has 25 heavy (non-hydrogen) atoms. The van der Waals surface area contributed by atoms with Gasteiger partial charge in [-0.1, -0.05) is 57.1 Å². The van der Waals surface area contributed by atoms with Crippen molar-refractivity contribution in [3.8, 4) is 11.4 Å². The summed E-state index contributed by atoms with van der Waals surface area (Å²) in [6, 6.07) is 15.7. The fourth-order valence-corrected chi connectivity index (χ4v) is 3.59. The van der Waals surface area contributed by atoms with Crippen molar-refractivity contribution in [2.45, 2.75) is 17.7 Å². The zero-order valence-corrected chi connectivity index (χ0v) is 15.7. The highest BCUT2D eigenvalue weighted by Gasteiger charge is 2.12. The molecule has 0 N–H and O–H groups in total. The van der Waals surface area contributed by atoms with E-state index in [0.29, 0.717) is 17.5 Å². The van der Waals surface area contributed by atoms with Crippen molar-refractivity contribution in [1.82, 2.24) is 20.1 Å². The summed E-state index contributed by atoms with van der Waals surface area (Å²) in [5, 5.41) is 4.93. The topological polar surface area (TPSA) is 64.7 Å². The summed E-state index contributed by atoms with van der Waals surface area (Å²) in [4.78, 5) is 13.7. The Bertz CT molecular complexity index is 1050. The van der Waals surface area contributed by atoms with E-state index < -0.39 is 0 Å². The Hall–Kier alpha value is -2.25. The molecule has 0 bridgehead atoms. The van der Waals surface area contributed by atoms with Crippen molar-refractivity contribution in [1.29, 1.82) is 0 Å². The molecule has 0 fully saturated rings. The van der Waals surface area contributed by atoms with Crippen LogP contribution in [0.15, 0.2) is 62.6 Å². The first kappa shape index (κ1) is 16.2. The number of aromatic nitrogens is 4. The molecule has 0 aliphatic rings. The molecule has 0 amide bonds. The lowest BCUT2D eigenvalue weighted by Crippen LogP contribution is -1.93. The highest BCUT2D eigenvalue weighted by atomic mass is 79.9. The Balaban J connectivity index is 1.53. The normalized spacial score (nSPS) is 11.1. The van der Waals surface area contributed by atoms with Gasteiger partial charge in [0.2, 0.25) is 11.7 Å². The average Bonchev–Trinajstić information content (AvgIpc) is 3.09. The molecule has 0 unspecified atom stereocenters. The van der Waals surface area contributed by atoms with Gasteiger partial charge in [0.05, 0.1) is 22.5 Å². The highest BCUT2D eigenvalue weighted by Crippen LogP contribution is 2.26. The molecule has 0 spiro atoms. The molecule has 0 saturated heterocycles. The predicted octanol–water partition coefficient (Wildman–Crippen LogP) is 5.04. The Labute approximate surface area is 157 Å². The van der Waals surface area contributed by atoms with Crippen LogP contribution in [0.1, 0.15) is 11.6 Å². The summed E-state index contributed by atoms with van der Waals surface area (Å²) in [5.74, 6) is 1.70. The number of fused-ring (bicyclic) bond motifs is 1. The molecule has 0 aliphatic heterocycles. The van der Waals surface area contributed by atoms with Gasteiger partial charge in [-0.3, -0.25) is 0 Å². The number of aryl methyl sites for hydroxylation is 1. The van der Waals surface area contributed by atoms with Crippen LogP contribution in [0.3, 0.4) is 0 Å². The van der Waals surface area contributed by atoms with Crippen molar-refractivity contribution in [3.63, 3.8) is 0 Å². The zero-order valence-electron chi connectivity index (χ0n) is 13.3. The molecule has 124 valence electrons. The predicted molar refractivity (Wildman–Crippen MR) is 101 cm³/mol. The number of thioether (sulfide) groups is 1. The fraction of sp³-hybridized carbons (Fsp3) is 0.111. The van der Waals surface area contributed by atoms with Crippen molar-refractivity contribution >= 4 is 38.7 Å². The van der Waals surface area contributed by atoms with Gasteiger partial charge in [-0.2, -0.15) is 4.98 Å². The maximum atomic E-state index is 5.36. The van der Waals surface area contributed by atoms with E-state index in [1.165, 1.54) is 0 Å². The van der Waals surface area contributed by atoms with E-state index in [9.17, 15) is 0 Å². The largest absolute Gasteiger partial charge is 0.338 e. The molecular weight excluding hydrogens is 400 g/mol. The summed E-state index contributed by atoms with van der Waals surface area (Å²) in [5.41, 5.74) is 3.60. The Morgan fingerprint density at radius 2 is 1.80 bits per heavy atom. The van der Waals surface area contributed by atoms with Gasteiger partial charge in [0.25, 0.3) is 0 Å². The van der Waals surface area contributed by atoms with Crippen molar-refractivity contribution < 1.29 is 4.52 Å². The third kappa shape index (κ3) is 3.57. The van der Waals surface area contributed by atoms with Gasteiger partial charge in [-0.25, -0.2) is 9.97 Å². The smallest absolute Gasteiger partial charge is 0.237 e. The number of para-hydroxylation sites is 2. The second-order valence-electron chi connectivity index (χ2n) is 5.41. The monoisotopic (exact) mass is 412 g/mol. The molecule has 0 aliphatic carbocycles. The highest BCUT2D eigenvalue weighted by molar-refractivity contribution is 9.10. The number of rotatable bonds is 4. The first-order valence-corrected chi connectivity index (χ1v) is 9.41. The summed E-state index contributed by atoms with van der Waals surface area (Å²) in [6.45, 7) is 1.96. The number of nitrogens with zero attached hydrogens (tertiary/aromatic N) is 4. The van der Waals surface area contributed by atoms with E-state index in [-0.39, 0.29) is 0 Å². The van der Waals surface area contributed by atoms with Crippen LogP contribution in [-0.4, -0.2) is 20.1 Å². The molecule has 5 nitrogen and oxygen atoms in total. The SMILES string of the molecule is Cc1nc2ccccc2nc1SCc1nc(-c2cccc(Br)c2)no1. The van der Waals surface area contributed by atoms with Crippen LogP contribution in [0.5, 0.6) is 0 Å². The van der Waals surface area contributed by atoms with Gasteiger partial charge in [-0.05, 0) is 31.2 Å². The molecule has 0 atom stereocenters. The van der Waals surface area contributed by atoms with Gasteiger partial charge >= 0.3 is 0 Å². The van der Waals surface area contributed by atoms with E-state index in [1.807, 2.05) is 55.5 Å². The quantitative estimate of drug-likeness (QED) is 0.437. The number of halogens is 1. The molecule has 4 aromatic rings. The third-order valence-corrected chi connectivity index (χ3v) is 5.13. The number of hydrogen-bond donors (Lipinski definition) is 0. The van der Waals surface area contributed by atoms with Gasteiger partial charge in [0, 0.05) is 10.0 Å². The minimum atomic E-state index is 0.550. The summed E-state index contributed by atoms with van der Waals surface area (Å²) >= 11 is 5.00. The second kappa shape index (κ2) is 6.93. The second-order valence-corrected chi connectivity index (χ2v) is 7.29. The molecule has 2 heterocycles. The first-order valence-electron chi connectivity index (χ1n) is 7.64. The van der Waals surface area contributed by atoms with Crippen LogP contribution in [0.25, 0.3) is 22.4 Å². The molecule has 7 heteroatoms. The molecule has 2 aromatic carbocycles. The maximum Gasteiger partial charge on any atom is 0.237 e. The van der Waals surface area contributed by atoms with Crippen LogP contribution >= 0.6 is 27.7 Å². The first-order chi connectivity index (χ1) is 12.2. The molecule has 0 saturated carbocycles. The minimum absolute atomic E-state index is 0.550. The summed E-state index contributed by atoms with van der Waals surface area (Å²) < 4.78 is 6.34. The number of hydrogen-bond acceptors (Lipinski definition) is 6. The third-order valence-electron chi connectivity index (χ3n) is 3.58. The minimum Gasteiger partial charge on any atom is -0.338 e. The Morgan fingerprint density at radius 3 is 2.60 bits per heavy atom. The van der Waals surface area contributed by atoms with E-state index in [4.69, 9.17) is 4.52 Å². The summed E-state index contributed by atoms with van der Waals surface area (Å²) in [6.07, 6.45) is 0. The maximum absolute atomic E-state index is 5.36. The summed E-state index contributed by atoms with van der Waals surface area (Å²) in [7, 11) is 0. The van der Waals surface area contributed by atoms with Gasteiger partial charge in [-0.15, -0.1) is 0 Å². The van der Waals surface area contributed by atoms with E-state index >= 15 is 0 Å². The Kier molecular flexibility index (Phi) is 4.50. The average molecular weight is 413 g/mol. The lowest BCUT2D eigenvalue weighted by atomic mass is 10.2. The van der Waals surface area contributed by atoms with Gasteiger partial charge in [0.1, 0.15) is 5.03 Å². The van der Waals surface area contributed by atoms with Crippen LogP contribution < -0.4 is 0 Å². The van der Waals surface area contributed by atoms with Crippen LogP contribution in [-0.2, 0) is 5.75 Å². The fourth-order valence-electron chi connectivity index (χ4n) is 2.40. The lowest BCUT2D eigenvalue weighted by molar-refractivity contribution is 0.391. The Morgan fingerprint density at radius 1 is 1.00 bits per heavy atom.